The van der Waals surface area contributed by atoms with Crippen molar-refractivity contribution >= 4 is 6.29 Å². The molecule has 1 heterocycles. The molecule has 1 unspecified atom stereocenters. The summed E-state index contributed by atoms with van der Waals surface area (Å²) >= 11 is 0. The first-order valence-electron chi connectivity index (χ1n) is 4.83. The van der Waals surface area contributed by atoms with Gasteiger partial charge in [-0.25, -0.2) is 0 Å². The van der Waals surface area contributed by atoms with Gasteiger partial charge in [0.15, 0.2) is 0 Å². The van der Waals surface area contributed by atoms with E-state index in [1.807, 2.05) is 0 Å². The van der Waals surface area contributed by atoms with Crippen molar-refractivity contribution in [3.8, 4) is 11.8 Å². The van der Waals surface area contributed by atoms with E-state index < -0.39 is 0 Å². The largest absolute Gasteiger partial charge is 0.302 e. The summed E-state index contributed by atoms with van der Waals surface area (Å²) in [5.74, 6) is 5.45. The maximum absolute atomic E-state index is 10.8. The summed E-state index contributed by atoms with van der Waals surface area (Å²) in [5.41, 5.74) is 0. The van der Waals surface area contributed by atoms with Gasteiger partial charge in [0, 0.05) is 13.3 Å². The Morgan fingerprint density at radius 1 is 1.38 bits per heavy atom. The lowest BCUT2D eigenvalue weighted by Crippen LogP contribution is -2.39. The second-order valence-electron chi connectivity index (χ2n) is 3.36. The molecule has 0 amide bonds. The van der Waals surface area contributed by atoms with E-state index in [4.69, 9.17) is 0 Å². The highest BCUT2D eigenvalue weighted by Gasteiger charge is 2.18. The highest BCUT2D eigenvalue weighted by molar-refractivity contribution is 5.58. The van der Waals surface area contributed by atoms with Gasteiger partial charge in [-0.3, -0.25) is 4.90 Å². The van der Waals surface area contributed by atoms with Crippen molar-refractivity contribution in [1.29, 1.82) is 0 Å². The molecule has 0 bridgehead atoms. The topological polar surface area (TPSA) is 20.3 Å². The smallest absolute Gasteiger partial charge is 0.138 e. The molecule has 1 saturated heterocycles. The van der Waals surface area contributed by atoms with Gasteiger partial charge >= 0.3 is 0 Å². The standard InChI is InChI=1S/C11H16NO/c1-2-3-7-11(10-13)12-8-5-4-6-9-12/h10-11H,1,4-9H2. The summed E-state index contributed by atoms with van der Waals surface area (Å²) < 4.78 is 0. The predicted octanol–water partition coefficient (Wildman–Crippen LogP) is 1.27. The molecule has 1 aliphatic rings. The summed E-state index contributed by atoms with van der Waals surface area (Å²) in [7, 11) is 0. The van der Waals surface area contributed by atoms with Crippen LogP contribution in [0.2, 0.25) is 0 Å². The van der Waals surface area contributed by atoms with Crippen molar-refractivity contribution < 1.29 is 4.79 Å². The first-order valence-corrected chi connectivity index (χ1v) is 4.83. The summed E-state index contributed by atoms with van der Waals surface area (Å²) in [4.78, 5) is 13.0. The van der Waals surface area contributed by atoms with Crippen molar-refractivity contribution in [1.82, 2.24) is 4.90 Å². The first kappa shape index (κ1) is 10.3. The molecule has 2 heteroatoms. The van der Waals surface area contributed by atoms with Gasteiger partial charge in [-0.15, -0.1) is 11.8 Å². The highest BCUT2D eigenvalue weighted by atomic mass is 16.1. The summed E-state index contributed by atoms with van der Waals surface area (Å²) in [6.07, 6.45) is 5.36. The van der Waals surface area contributed by atoms with Gasteiger partial charge in [-0.2, -0.15) is 0 Å². The van der Waals surface area contributed by atoms with Crippen LogP contribution in [0.4, 0.5) is 0 Å². The molecule has 0 saturated carbocycles. The molecule has 2 nitrogen and oxygen atoms in total. The number of carbonyl (C=O) groups excluding carboxylic acids is 1. The highest BCUT2D eigenvalue weighted by Crippen LogP contribution is 2.12. The van der Waals surface area contributed by atoms with Crippen LogP contribution in [0.25, 0.3) is 0 Å². The van der Waals surface area contributed by atoms with Crippen molar-refractivity contribution in [2.24, 2.45) is 0 Å². The van der Waals surface area contributed by atoms with Crippen LogP contribution in [0, 0.1) is 18.8 Å². The molecule has 0 aliphatic carbocycles. The number of piperidine rings is 1. The van der Waals surface area contributed by atoms with E-state index >= 15 is 0 Å². The number of hydrogen-bond donors (Lipinski definition) is 0. The quantitative estimate of drug-likeness (QED) is 0.479. The molecule has 71 valence electrons. The SMILES string of the molecule is [CH2]C#CCC(C=O)N1CCCCC1. The summed E-state index contributed by atoms with van der Waals surface area (Å²) in [6.45, 7) is 5.53. The van der Waals surface area contributed by atoms with Crippen LogP contribution in [0.1, 0.15) is 25.7 Å². The number of nitrogens with zero attached hydrogens (tertiary/aromatic N) is 1. The van der Waals surface area contributed by atoms with E-state index in [2.05, 4.69) is 23.7 Å². The lowest BCUT2D eigenvalue weighted by molar-refractivity contribution is -0.112. The maximum Gasteiger partial charge on any atom is 0.138 e. The van der Waals surface area contributed by atoms with Crippen molar-refractivity contribution in [3.05, 3.63) is 6.92 Å². The molecule has 0 aromatic carbocycles. The number of hydrogen-bond acceptors (Lipinski definition) is 2. The number of likely N-dealkylation sites (tertiary alicyclic amines) is 1. The Hall–Kier alpha value is -0.810. The number of carbonyl (C=O) groups is 1. The van der Waals surface area contributed by atoms with Gasteiger partial charge < -0.3 is 4.79 Å². The van der Waals surface area contributed by atoms with Crippen LogP contribution in [-0.2, 0) is 4.79 Å². The monoisotopic (exact) mass is 178 g/mol. The Balaban J connectivity index is 2.42. The summed E-state index contributed by atoms with van der Waals surface area (Å²) in [5, 5.41) is 0. The molecule has 0 N–H and O–H groups in total. The van der Waals surface area contributed by atoms with E-state index in [9.17, 15) is 4.79 Å². The average Bonchev–Trinajstić information content (AvgIpc) is 2.21. The van der Waals surface area contributed by atoms with Gasteiger partial charge in [0.25, 0.3) is 0 Å². The van der Waals surface area contributed by atoms with E-state index in [0.29, 0.717) is 6.42 Å². The molecule has 0 aromatic heterocycles. The van der Waals surface area contributed by atoms with E-state index in [-0.39, 0.29) is 6.04 Å². The zero-order valence-corrected chi connectivity index (χ0v) is 7.96. The maximum atomic E-state index is 10.8. The van der Waals surface area contributed by atoms with Crippen molar-refractivity contribution in [2.75, 3.05) is 13.1 Å². The molecule has 0 aromatic rings. The second kappa shape index (κ2) is 5.77. The van der Waals surface area contributed by atoms with Crippen molar-refractivity contribution in [3.63, 3.8) is 0 Å². The molecular weight excluding hydrogens is 162 g/mol. The van der Waals surface area contributed by atoms with Crippen molar-refractivity contribution in [2.45, 2.75) is 31.7 Å². The van der Waals surface area contributed by atoms with Gasteiger partial charge in [0.2, 0.25) is 0 Å². The zero-order valence-electron chi connectivity index (χ0n) is 7.96. The van der Waals surface area contributed by atoms with Gasteiger partial charge in [0.1, 0.15) is 6.29 Å². The Bertz CT molecular complexity index is 208. The third kappa shape index (κ3) is 3.20. The molecule has 1 radical (unpaired) electrons. The van der Waals surface area contributed by atoms with Gasteiger partial charge in [-0.1, -0.05) is 6.42 Å². The Morgan fingerprint density at radius 2 is 2.08 bits per heavy atom. The van der Waals surface area contributed by atoms with Gasteiger partial charge in [-0.05, 0) is 25.9 Å². The summed E-state index contributed by atoms with van der Waals surface area (Å²) in [6, 6.07) is -0.00505. The number of rotatable bonds is 3. The second-order valence-corrected chi connectivity index (χ2v) is 3.36. The third-order valence-electron chi connectivity index (χ3n) is 2.45. The van der Waals surface area contributed by atoms with Crippen LogP contribution < -0.4 is 0 Å². The zero-order chi connectivity index (χ0) is 9.52. The van der Waals surface area contributed by atoms with Crippen LogP contribution in [-0.4, -0.2) is 30.3 Å². The van der Waals surface area contributed by atoms with E-state index in [0.717, 1.165) is 19.4 Å². The first-order chi connectivity index (χ1) is 6.38. The molecule has 1 fully saturated rings. The van der Waals surface area contributed by atoms with Crippen LogP contribution >= 0.6 is 0 Å². The molecule has 1 aliphatic heterocycles. The third-order valence-corrected chi connectivity index (χ3v) is 2.45. The fourth-order valence-corrected chi connectivity index (χ4v) is 1.69. The fourth-order valence-electron chi connectivity index (χ4n) is 1.69. The Morgan fingerprint density at radius 3 is 2.62 bits per heavy atom. The molecule has 13 heavy (non-hydrogen) atoms. The minimum Gasteiger partial charge on any atom is -0.302 e. The van der Waals surface area contributed by atoms with Crippen LogP contribution in [0.5, 0.6) is 0 Å². The molecule has 0 spiro atoms. The minimum absolute atomic E-state index is 0.00505. The van der Waals surface area contributed by atoms with E-state index in [1.165, 1.54) is 19.3 Å². The van der Waals surface area contributed by atoms with Crippen LogP contribution in [0.15, 0.2) is 0 Å². The van der Waals surface area contributed by atoms with Crippen LogP contribution in [0.3, 0.4) is 0 Å². The minimum atomic E-state index is -0.00505. The average molecular weight is 178 g/mol. The normalized spacial score (nSPS) is 20.1. The van der Waals surface area contributed by atoms with Gasteiger partial charge in [0.05, 0.1) is 6.04 Å². The lowest BCUT2D eigenvalue weighted by Gasteiger charge is -2.30. The predicted molar refractivity (Wildman–Crippen MR) is 53.0 cm³/mol. The Labute approximate surface area is 80.3 Å². The molecule has 1 rings (SSSR count). The number of aldehydes is 1. The Kier molecular flexibility index (Phi) is 4.56. The molecule has 1 atom stereocenters. The lowest BCUT2D eigenvalue weighted by atomic mass is 10.1. The van der Waals surface area contributed by atoms with E-state index in [1.54, 1.807) is 0 Å². The fraction of sp³-hybridized carbons (Fsp3) is 0.636. The molecular formula is C11H16NO.